The maximum Gasteiger partial charge on any atom is 0.0440 e. The van der Waals surface area contributed by atoms with Crippen molar-refractivity contribution in [1.29, 1.82) is 0 Å². The second kappa shape index (κ2) is 2.52. The Morgan fingerprint density at radius 3 is 2.69 bits per heavy atom. The summed E-state index contributed by atoms with van der Waals surface area (Å²) in [6.45, 7) is 0. The van der Waals surface area contributed by atoms with E-state index in [9.17, 15) is 0 Å². The number of rotatable bonds is 1. The molecule has 0 bridgehead atoms. The van der Waals surface area contributed by atoms with E-state index in [0.29, 0.717) is 0 Å². The zero-order valence-corrected chi connectivity index (χ0v) is 9.25. The summed E-state index contributed by atoms with van der Waals surface area (Å²) >= 11 is 2.00. The molecule has 0 unspecified atom stereocenters. The number of thiophene rings is 1. The first-order chi connectivity index (χ1) is 6.28. The topological polar surface area (TPSA) is 0 Å². The van der Waals surface area contributed by atoms with Gasteiger partial charge in [0.05, 0.1) is 0 Å². The van der Waals surface area contributed by atoms with Crippen molar-refractivity contribution in [2.75, 3.05) is 17.8 Å². The number of hydrogen-bond donors (Lipinski definition) is 0. The van der Waals surface area contributed by atoms with E-state index in [1.165, 1.54) is 21.6 Å². The van der Waals surface area contributed by atoms with Crippen molar-refractivity contribution < 1.29 is 0 Å². The minimum Gasteiger partial charge on any atom is -0.207 e. The second-order valence-corrected chi connectivity index (χ2v) is 8.93. The molecule has 2 heterocycles. The fourth-order valence-electron chi connectivity index (χ4n) is 1.53. The van der Waals surface area contributed by atoms with Gasteiger partial charge in [0.15, 0.2) is 0 Å². The molecule has 0 atom stereocenters. The SMILES string of the molecule is CS1(c2cc3ccccc3s2)CC1. The fourth-order valence-corrected chi connectivity index (χ4v) is 5.71. The zero-order chi connectivity index (χ0) is 8.89. The van der Waals surface area contributed by atoms with Gasteiger partial charge in [-0.05, 0) is 35.3 Å². The quantitative estimate of drug-likeness (QED) is 0.627. The minimum atomic E-state index is -0.296. The highest BCUT2D eigenvalue weighted by molar-refractivity contribution is 8.39. The van der Waals surface area contributed by atoms with Gasteiger partial charge in [0, 0.05) is 8.91 Å². The van der Waals surface area contributed by atoms with Crippen LogP contribution in [0.25, 0.3) is 10.1 Å². The van der Waals surface area contributed by atoms with Gasteiger partial charge >= 0.3 is 0 Å². The molecule has 13 heavy (non-hydrogen) atoms. The third-order valence-electron chi connectivity index (χ3n) is 2.71. The van der Waals surface area contributed by atoms with E-state index in [2.05, 4.69) is 36.6 Å². The highest BCUT2D eigenvalue weighted by Crippen LogP contribution is 2.67. The standard InChI is InChI=1S/C11H12S2/c1-13(6-7-13)11-8-9-4-2-3-5-10(9)12-11/h2-5,8H,6-7H2,1H3. The van der Waals surface area contributed by atoms with Crippen LogP contribution in [0, 0.1) is 0 Å². The molecule has 1 fully saturated rings. The Balaban J connectivity index is 2.22. The lowest BCUT2D eigenvalue weighted by atomic mass is 10.3. The van der Waals surface area contributed by atoms with Crippen molar-refractivity contribution in [3.8, 4) is 0 Å². The first-order valence-electron chi connectivity index (χ1n) is 4.50. The molecule has 1 saturated heterocycles. The van der Waals surface area contributed by atoms with Crippen LogP contribution in [0.4, 0.5) is 0 Å². The Morgan fingerprint density at radius 2 is 2.00 bits per heavy atom. The summed E-state index contributed by atoms with van der Waals surface area (Å²) in [4.78, 5) is 0. The Kier molecular flexibility index (Phi) is 1.53. The molecule has 68 valence electrons. The summed E-state index contributed by atoms with van der Waals surface area (Å²) in [7, 11) is -0.296. The minimum absolute atomic E-state index is 0.296. The van der Waals surface area contributed by atoms with Crippen LogP contribution in [-0.4, -0.2) is 17.8 Å². The second-order valence-electron chi connectivity index (χ2n) is 3.79. The van der Waals surface area contributed by atoms with E-state index in [4.69, 9.17) is 0 Å². The molecular weight excluding hydrogens is 196 g/mol. The fraction of sp³-hybridized carbons (Fsp3) is 0.273. The Hall–Kier alpha value is -0.470. The van der Waals surface area contributed by atoms with Crippen LogP contribution in [-0.2, 0) is 0 Å². The molecule has 2 heteroatoms. The number of fused-ring (bicyclic) bond motifs is 1. The van der Waals surface area contributed by atoms with Gasteiger partial charge in [-0.25, -0.2) is 10.0 Å². The molecule has 0 radical (unpaired) electrons. The molecule has 0 nitrogen and oxygen atoms in total. The van der Waals surface area contributed by atoms with Crippen molar-refractivity contribution in [3.63, 3.8) is 0 Å². The van der Waals surface area contributed by atoms with Crippen LogP contribution in [0.5, 0.6) is 0 Å². The molecule has 2 aromatic rings. The Labute approximate surface area is 83.9 Å². The van der Waals surface area contributed by atoms with E-state index >= 15 is 0 Å². The van der Waals surface area contributed by atoms with E-state index in [-0.39, 0.29) is 10.0 Å². The summed E-state index contributed by atoms with van der Waals surface area (Å²) < 4.78 is 3.12. The molecule has 1 aliphatic rings. The van der Waals surface area contributed by atoms with Crippen molar-refractivity contribution in [2.45, 2.75) is 4.21 Å². The molecule has 1 aromatic heterocycles. The molecule has 0 aliphatic carbocycles. The normalized spacial score (nSPS) is 21.6. The van der Waals surface area contributed by atoms with Crippen molar-refractivity contribution >= 4 is 31.5 Å². The lowest BCUT2D eigenvalue weighted by Gasteiger charge is -2.08. The smallest absolute Gasteiger partial charge is 0.0440 e. The van der Waals surface area contributed by atoms with E-state index < -0.39 is 0 Å². The predicted octanol–water partition coefficient (Wildman–Crippen LogP) is 3.71. The maximum absolute atomic E-state index is 2.46. The Morgan fingerprint density at radius 1 is 1.23 bits per heavy atom. The van der Waals surface area contributed by atoms with Crippen LogP contribution in [0.3, 0.4) is 0 Å². The van der Waals surface area contributed by atoms with Gasteiger partial charge in [-0.1, -0.05) is 18.2 Å². The molecule has 0 spiro atoms. The van der Waals surface area contributed by atoms with Gasteiger partial charge in [0.1, 0.15) is 0 Å². The first kappa shape index (κ1) is 7.89. The molecule has 0 saturated carbocycles. The lowest BCUT2D eigenvalue weighted by Crippen LogP contribution is -1.70. The molecule has 0 amide bonds. The molecular formula is C11H12S2. The number of benzene rings is 1. The van der Waals surface area contributed by atoms with Gasteiger partial charge in [-0.2, -0.15) is 0 Å². The third kappa shape index (κ3) is 1.20. The van der Waals surface area contributed by atoms with Crippen molar-refractivity contribution in [2.24, 2.45) is 0 Å². The average molecular weight is 208 g/mol. The van der Waals surface area contributed by atoms with Crippen molar-refractivity contribution in [3.05, 3.63) is 30.3 Å². The van der Waals surface area contributed by atoms with Crippen LogP contribution in [0.2, 0.25) is 0 Å². The maximum atomic E-state index is 2.46. The van der Waals surface area contributed by atoms with E-state index in [0.717, 1.165) is 0 Å². The van der Waals surface area contributed by atoms with Crippen LogP contribution >= 0.6 is 21.4 Å². The monoisotopic (exact) mass is 208 g/mol. The largest absolute Gasteiger partial charge is 0.207 e. The van der Waals surface area contributed by atoms with Gasteiger partial charge in [0.25, 0.3) is 0 Å². The molecule has 3 rings (SSSR count). The van der Waals surface area contributed by atoms with Crippen LogP contribution in [0.1, 0.15) is 0 Å². The average Bonchev–Trinajstić information content (AvgIpc) is 2.76. The van der Waals surface area contributed by atoms with Gasteiger partial charge in [-0.3, -0.25) is 0 Å². The van der Waals surface area contributed by atoms with Gasteiger partial charge in [0.2, 0.25) is 0 Å². The summed E-state index contributed by atoms with van der Waals surface area (Å²) in [5.74, 6) is 2.92. The highest BCUT2D eigenvalue weighted by Gasteiger charge is 2.34. The van der Waals surface area contributed by atoms with Crippen molar-refractivity contribution in [1.82, 2.24) is 0 Å². The van der Waals surface area contributed by atoms with E-state index in [1.54, 1.807) is 4.21 Å². The van der Waals surface area contributed by atoms with Gasteiger partial charge in [-0.15, -0.1) is 11.3 Å². The summed E-state index contributed by atoms with van der Waals surface area (Å²) in [5.41, 5.74) is 0. The lowest BCUT2D eigenvalue weighted by molar-refractivity contribution is 1.74. The summed E-state index contributed by atoms with van der Waals surface area (Å²) in [6.07, 6.45) is 2.46. The van der Waals surface area contributed by atoms with Crippen LogP contribution in [0.15, 0.2) is 34.5 Å². The summed E-state index contributed by atoms with van der Waals surface area (Å²) in [5, 5.41) is 1.43. The van der Waals surface area contributed by atoms with E-state index in [1.807, 2.05) is 11.3 Å². The molecule has 1 aromatic carbocycles. The molecule has 0 N–H and O–H groups in total. The Bertz CT molecular complexity index is 419. The first-order valence-corrected chi connectivity index (χ1v) is 7.70. The highest BCUT2D eigenvalue weighted by atomic mass is 32.3. The third-order valence-corrected chi connectivity index (χ3v) is 7.80. The summed E-state index contributed by atoms with van der Waals surface area (Å²) in [6, 6.07) is 11.1. The predicted molar refractivity (Wildman–Crippen MR) is 63.3 cm³/mol. The zero-order valence-electron chi connectivity index (χ0n) is 7.62. The van der Waals surface area contributed by atoms with Gasteiger partial charge < -0.3 is 0 Å². The molecule has 1 aliphatic heterocycles. The van der Waals surface area contributed by atoms with Crippen LogP contribution < -0.4 is 0 Å². The number of hydrogen-bond acceptors (Lipinski definition) is 1.